The summed E-state index contributed by atoms with van der Waals surface area (Å²) in [7, 11) is 0. The Morgan fingerprint density at radius 1 is 1.04 bits per heavy atom. The van der Waals surface area contributed by atoms with E-state index in [1.54, 1.807) is 23.1 Å². The maximum atomic E-state index is 13.0. The quantitative estimate of drug-likeness (QED) is 0.458. The minimum Gasteiger partial charge on any atom is -0.378 e. The second-order valence-corrected chi connectivity index (χ2v) is 7.88. The second kappa shape index (κ2) is 6.71. The number of anilines is 1. The lowest BCUT2D eigenvalue weighted by molar-refractivity contribution is -0.130. The van der Waals surface area contributed by atoms with Crippen LogP contribution in [0, 0.1) is 23.7 Å². The first-order valence-corrected chi connectivity index (χ1v) is 9.84. The Morgan fingerprint density at radius 2 is 1.71 bits per heavy atom. The molecule has 5 rings (SSSR count). The third-order valence-electron chi connectivity index (χ3n) is 6.34. The van der Waals surface area contributed by atoms with Gasteiger partial charge in [-0.15, -0.1) is 0 Å². The number of ether oxygens (including phenoxy) is 1. The molecule has 28 heavy (non-hydrogen) atoms. The molecule has 4 aliphatic rings. The van der Waals surface area contributed by atoms with Gasteiger partial charge in [-0.25, -0.2) is 4.90 Å². The highest BCUT2D eigenvalue weighted by Gasteiger charge is 2.59. The zero-order chi connectivity index (χ0) is 19.3. The molecule has 0 radical (unpaired) electrons. The lowest BCUT2D eigenvalue weighted by Gasteiger charge is -2.25. The van der Waals surface area contributed by atoms with Crippen molar-refractivity contribution in [1.82, 2.24) is 4.90 Å². The SMILES string of the molecule is O=C(/C=C\c1cccc(N2C(=O)[C@H]3[C@H](C2=O)[C@H]2C=C[C@H]3C2)c1)N1CCOCC1. The van der Waals surface area contributed by atoms with Gasteiger partial charge in [-0.3, -0.25) is 14.4 Å². The van der Waals surface area contributed by atoms with Crippen molar-refractivity contribution in [3.8, 4) is 0 Å². The molecule has 0 N–H and O–H groups in total. The average molecular weight is 378 g/mol. The monoisotopic (exact) mass is 378 g/mol. The third-order valence-corrected chi connectivity index (χ3v) is 6.34. The lowest BCUT2D eigenvalue weighted by atomic mass is 9.85. The summed E-state index contributed by atoms with van der Waals surface area (Å²) >= 11 is 0. The first-order valence-electron chi connectivity index (χ1n) is 9.84. The number of rotatable bonds is 3. The predicted octanol–water partition coefficient (Wildman–Crippen LogP) is 1.87. The molecule has 6 heteroatoms. The van der Waals surface area contributed by atoms with Crippen LogP contribution in [-0.4, -0.2) is 48.9 Å². The number of hydrogen-bond acceptors (Lipinski definition) is 4. The largest absolute Gasteiger partial charge is 0.378 e. The summed E-state index contributed by atoms with van der Waals surface area (Å²) < 4.78 is 5.26. The maximum absolute atomic E-state index is 13.0. The van der Waals surface area contributed by atoms with Crippen LogP contribution in [0.3, 0.4) is 0 Å². The maximum Gasteiger partial charge on any atom is 0.246 e. The topological polar surface area (TPSA) is 66.9 Å². The van der Waals surface area contributed by atoms with E-state index in [1.807, 2.05) is 12.1 Å². The Hall–Kier alpha value is -2.73. The van der Waals surface area contributed by atoms with Gasteiger partial charge in [0.15, 0.2) is 0 Å². The summed E-state index contributed by atoms with van der Waals surface area (Å²) in [5.74, 6) is -0.237. The van der Waals surface area contributed by atoms with Crippen molar-refractivity contribution in [1.29, 1.82) is 0 Å². The van der Waals surface area contributed by atoms with Crippen LogP contribution in [0.25, 0.3) is 6.08 Å². The van der Waals surface area contributed by atoms with Crippen LogP contribution in [0.1, 0.15) is 12.0 Å². The number of fused-ring (bicyclic) bond motifs is 5. The summed E-state index contributed by atoms with van der Waals surface area (Å²) in [6.07, 6.45) is 8.39. The highest BCUT2D eigenvalue weighted by Crippen LogP contribution is 2.53. The molecule has 2 bridgehead atoms. The normalized spacial score (nSPS) is 31.3. The van der Waals surface area contributed by atoms with Gasteiger partial charge < -0.3 is 9.64 Å². The lowest BCUT2D eigenvalue weighted by Crippen LogP contribution is -2.39. The number of benzene rings is 1. The van der Waals surface area contributed by atoms with Gasteiger partial charge in [0.2, 0.25) is 17.7 Å². The number of morpholine rings is 1. The molecule has 0 spiro atoms. The Morgan fingerprint density at radius 3 is 2.39 bits per heavy atom. The first kappa shape index (κ1) is 17.4. The van der Waals surface area contributed by atoms with Crippen LogP contribution in [-0.2, 0) is 19.1 Å². The van der Waals surface area contributed by atoms with Crippen LogP contribution >= 0.6 is 0 Å². The molecule has 1 aromatic rings. The van der Waals surface area contributed by atoms with Crippen molar-refractivity contribution in [3.05, 3.63) is 48.1 Å². The van der Waals surface area contributed by atoms with Crippen molar-refractivity contribution in [2.45, 2.75) is 6.42 Å². The average Bonchev–Trinajstić information content (AvgIpc) is 3.41. The number of nitrogens with zero attached hydrogens (tertiary/aromatic N) is 2. The van der Waals surface area contributed by atoms with Crippen molar-refractivity contribution in [2.75, 3.05) is 31.2 Å². The first-order chi connectivity index (χ1) is 13.6. The smallest absolute Gasteiger partial charge is 0.246 e. The van der Waals surface area contributed by atoms with E-state index < -0.39 is 0 Å². The number of imide groups is 1. The van der Waals surface area contributed by atoms with Gasteiger partial charge >= 0.3 is 0 Å². The minimum absolute atomic E-state index is 0.0563. The van der Waals surface area contributed by atoms with E-state index in [4.69, 9.17) is 4.74 Å². The van der Waals surface area contributed by atoms with Crippen LogP contribution < -0.4 is 4.90 Å². The van der Waals surface area contributed by atoms with E-state index in [0.717, 1.165) is 12.0 Å². The Labute approximate surface area is 163 Å². The molecule has 6 nitrogen and oxygen atoms in total. The van der Waals surface area contributed by atoms with E-state index in [9.17, 15) is 14.4 Å². The molecular weight excluding hydrogens is 356 g/mol. The number of carbonyl (C=O) groups excluding carboxylic acids is 3. The van der Waals surface area contributed by atoms with Gasteiger partial charge in [0.1, 0.15) is 0 Å². The molecule has 1 saturated carbocycles. The molecule has 2 aliphatic heterocycles. The van der Waals surface area contributed by atoms with Crippen molar-refractivity contribution in [2.24, 2.45) is 23.7 Å². The van der Waals surface area contributed by atoms with Gasteiger partial charge in [0.25, 0.3) is 0 Å². The number of hydrogen-bond donors (Lipinski definition) is 0. The molecule has 3 amide bonds. The number of carbonyl (C=O) groups is 3. The molecule has 2 saturated heterocycles. The summed E-state index contributed by atoms with van der Waals surface area (Å²) in [5.41, 5.74) is 1.38. The fourth-order valence-corrected chi connectivity index (χ4v) is 4.98. The molecule has 2 aliphatic carbocycles. The van der Waals surface area contributed by atoms with Crippen molar-refractivity contribution < 1.29 is 19.1 Å². The van der Waals surface area contributed by atoms with Gasteiger partial charge in [0.05, 0.1) is 30.7 Å². The highest BCUT2D eigenvalue weighted by atomic mass is 16.5. The zero-order valence-corrected chi connectivity index (χ0v) is 15.5. The summed E-state index contributed by atoms with van der Waals surface area (Å²) in [6.45, 7) is 2.32. The minimum atomic E-state index is -0.204. The van der Waals surface area contributed by atoms with Gasteiger partial charge in [-0.1, -0.05) is 24.3 Å². The highest BCUT2D eigenvalue weighted by molar-refractivity contribution is 6.22. The molecule has 144 valence electrons. The zero-order valence-electron chi connectivity index (χ0n) is 15.5. The summed E-state index contributed by atoms with van der Waals surface area (Å²) in [4.78, 5) is 41.3. The molecule has 0 aromatic heterocycles. The third kappa shape index (κ3) is 2.71. The van der Waals surface area contributed by atoms with Gasteiger partial charge in [-0.2, -0.15) is 0 Å². The fraction of sp³-hybridized carbons (Fsp3) is 0.409. The van der Waals surface area contributed by atoms with E-state index in [1.165, 1.54) is 11.0 Å². The van der Waals surface area contributed by atoms with Crippen molar-refractivity contribution in [3.63, 3.8) is 0 Å². The van der Waals surface area contributed by atoms with Crippen LogP contribution in [0.4, 0.5) is 5.69 Å². The fourth-order valence-electron chi connectivity index (χ4n) is 4.98. The summed E-state index contributed by atoms with van der Waals surface area (Å²) in [5, 5.41) is 0. The predicted molar refractivity (Wildman–Crippen MR) is 103 cm³/mol. The second-order valence-electron chi connectivity index (χ2n) is 7.88. The van der Waals surface area contributed by atoms with Crippen LogP contribution in [0.5, 0.6) is 0 Å². The Balaban J connectivity index is 1.35. The molecule has 0 unspecified atom stereocenters. The molecular formula is C22H22N2O4. The number of amides is 3. The van der Waals surface area contributed by atoms with E-state index >= 15 is 0 Å². The summed E-state index contributed by atoms with van der Waals surface area (Å²) in [6, 6.07) is 7.27. The molecule has 2 heterocycles. The Kier molecular flexibility index (Phi) is 4.16. The molecule has 3 fully saturated rings. The Bertz CT molecular complexity index is 870. The molecule has 4 atom stereocenters. The number of allylic oxidation sites excluding steroid dienone is 2. The van der Waals surface area contributed by atoms with Crippen LogP contribution in [0.15, 0.2) is 42.5 Å². The van der Waals surface area contributed by atoms with Gasteiger partial charge in [-0.05, 0) is 42.0 Å². The van der Waals surface area contributed by atoms with E-state index in [2.05, 4.69) is 12.2 Å². The van der Waals surface area contributed by atoms with Crippen molar-refractivity contribution >= 4 is 29.5 Å². The molecule has 1 aromatic carbocycles. The standard InChI is InChI=1S/C22H22N2O4/c25-18(23-8-10-28-11-9-23)7-4-14-2-1-3-17(12-14)24-21(26)19-15-5-6-16(13-15)20(19)22(24)27/h1-7,12,15-16,19-20H,8-11,13H2/b7-4-/t15-,16-,19+,20+/m0/s1. The van der Waals surface area contributed by atoms with Crippen LogP contribution in [0.2, 0.25) is 0 Å². The van der Waals surface area contributed by atoms with Gasteiger partial charge in [0, 0.05) is 19.2 Å². The van der Waals surface area contributed by atoms with E-state index in [0.29, 0.717) is 32.0 Å². The van der Waals surface area contributed by atoms with E-state index in [-0.39, 0.29) is 41.4 Å².